The third-order valence-electron chi connectivity index (χ3n) is 2.27. The number of carbonyl (C=O) groups is 1. The number of thioether (sulfide) groups is 1. The van der Waals surface area contributed by atoms with Crippen molar-refractivity contribution in [2.75, 3.05) is 6.61 Å². The lowest BCUT2D eigenvalue weighted by Crippen LogP contribution is -2.31. The lowest BCUT2D eigenvalue weighted by Gasteiger charge is -2.19. The van der Waals surface area contributed by atoms with Crippen LogP contribution in [0.2, 0.25) is 0 Å². The summed E-state index contributed by atoms with van der Waals surface area (Å²) in [7, 11) is 0. The maximum absolute atomic E-state index is 12.8. The summed E-state index contributed by atoms with van der Waals surface area (Å²) in [4.78, 5) is 11.9. The monoisotopic (exact) mass is 326 g/mol. The van der Waals surface area contributed by atoms with Gasteiger partial charge in [-0.3, -0.25) is 4.79 Å². The van der Waals surface area contributed by atoms with Crippen LogP contribution in [0.4, 0.5) is 22.0 Å². The van der Waals surface area contributed by atoms with Gasteiger partial charge in [0.1, 0.15) is 10.8 Å². The molecule has 0 aromatic heterocycles. The van der Waals surface area contributed by atoms with E-state index in [4.69, 9.17) is 0 Å². The van der Waals surface area contributed by atoms with Gasteiger partial charge in [0.05, 0.1) is 6.61 Å². The highest BCUT2D eigenvalue weighted by molar-refractivity contribution is 8.00. The lowest BCUT2D eigenvalue weighted by atomic mass is 10.2. The number of hydrogen-bond acceptors (Lipinski definition) is 3. The second-order valence-corrected chi connectivity index (χ2v) is 4.91. The predicted molar refractivity (Wildman–Crippen MR) is 68.0 cm³/mol. The zero-order chi connectivity index (χ0) is 16.0. The SMILES string of the molecule is CCOC(=O)C(Sc1ccccc1)C(=C(F)F)C(F)(F)F. The Balaban J connectivity index is 3.19. The first kappa shape index (κ1) is 17.5. The van der Waals surface area contributed by atoms with Crippen molar-refractivity contribution in [2.45, 2.75) is 23.2 Å². The molecule has 0 bridgehead atoms. The van der Waals surface area contributed by atoms with Crippen molar-refractivity contribution in [3.8, 4) is 0 Å². The van der Waals surface area contributed by atoms with Crippen LogP contribution in [0.3, 0.4) is 0 Å². The summed E-state index contributed by atoms with van der Waals surface area (Å²) in [6.07, 6.45) is -8.26. The molecule has 8 heteroatoms. The minimum atomic E-state index is -5.32. The summed E-state index contributed by atoms with van der Waals surface area (Å²) >= 11 is 0.368. The van der Waals surface area contributed by atoms with E-state index in [0.29, 0.717) is 11.8 Å². The molecule has 116 valence electrons. The third-order valence-corrected chi connectivity index (χ3v) is 3.48. The largest absolute Gasteiger partial charge is 0.465 e. The van der Waals surface area contributed by atoms with Crippen molar-refractivity contribution in [3.63, 3.8) is 0 Å². The Morgan fingerprint density at radius 3 is 2.24 bits per heavy atom. The van der Waals surface area contributed by atoms with Crippen LogP contribution in [0.15, 0.2) is 46.9 Å². The molecule has 21 heavy (non-hydrogen) atoms. The topological polar surface area (TPSA) is 26.3 Å². The van der Waals surface area contributed by atoms with Crippen molar-refractivity contribution < 1.29 is 31.5 Å². The van der Waals surface area contributed by atoms with E-state index in [1.54, 1.807) is 6.07 Å². The highest BCUT2D eigenvalue weighted by Gasteiger charge is 2.46. The average molecular weight is 326 g/mol. The Morgan fingerprint density at radius 1 is 1.24 bits per heavy atom. The van der Waals surface area contributed by atoms with Gasteiger partial charge in [-0.1, -0.05) is 18.2 Å². The molecular weight excluding hydrogens is 315 g/mol. The number of benzene rings is 1. The fraction of sp³-hybridized carbons (Fsp3) is 0.308. The van der Waals surface area contributed by atoms with E-state index >= 15 is 0 Å². The summed E-state index contributed by atoms with van der Waals surface area (Å²) in [5, 5.41) is -2.17. The van der Waals surface area contributed by atoms with E-state index in [0.717, 1.165) is 0 Å². The Morgan fingerprint density at radius 2 is 1.81 bits per heavy atom. The molecule has 0 spiro atoms. The molecule has 0 saturated heterocycles. The second kappa shape index (κ2) is 7.44. The summed E-state index contributed by atoms with van der Waals surface area (Å²) in [5.74, 6) is -1.36. The molecule has 0 aliphatic carbocycles. The predicted octanol–water partition coefficient (Wildman–Crippen LogP) is 4.42. The maximum atomic E-state index is 12.8. The van der Waals surface area contributed by atoms with E-state index in [-0.39, 0.29) is 11.5 Å². The van der Waals surface area contributed by atoms with Crippen LogP contribution >= 0.6 is 11.8 Å². The van der Waals surface area contributed by atoms with E-state index in [9.17, 15) is 26.7 Å². The molecule has 1 unspecified atom stereocenters. The van der Waals surface area contributed by atoms with Crippen LogP contribution in [-0.2, 0) is 9.53 Å². The molecule has 0 saturated carbocycles. The van der Waals surface area contributed by atoms with Crippen LogP contribution in [0, 0.1) is 0 Å². The summed E-state index contributed by atoms with van der Waals surface area (Å²) in [5.41, 5.74) is -2.19. The molecule has 0 N–H and O–H groups in total. The van der Waals surface area contributed by atoms with E-state index in [1.807, 2.05) is 0 Å². The molecule has 0 fully saturated rings. The third kappa shape index (κ3) is 5.04. The number of esters is 1. The van der Waals surface area contributed by atoms with E-state index < -0.39 is 29.0 Å². The fourth-order valence-electron chi connectivity index (χ4n) is 1.43. The van der Waals surface area contributed by atoms with Gasteiger partial charge in [0, 0.05) is 4.90 Å². The normalized spacial score (nSPS) is 12.7. The lowest BCUT2D eigenvalue weighted by molar-refractivity contribution is -0.145. The first-order valence-corrected chi connectivity index (χ1v) is 6.66. The minimum Gasteiger partial charge on any atom is -0.465 e. The van der Waals surface area contributed by atoms with Crippen LogP contribution in [0.1, 0.15) is 6.92 Å². The Labute approximate surface area is 122 Å². The molecule has 2 nitrogen and oxygen atoms in total. The number of rotatable bonds is 5. The van der Waals surface area contributed by atoms with Gasteiger partial charge in [0.15, 0.2) is 0 Å². The zero-order valence-electron chi connectivity index (χ0n) is 10.8. The average Bonchev–Trinajstić information content (AvgIpc) is 2.37. The first-order valence-electron chi connectivity index (χ1n) is 5.78. The maximum Gasteiger partial charge on any atom is 0.419 e. The molecule has 0 heterocycles. The van der Waals surface area contributed by atoms with Gasteiger partial charge in [0.2, 0.25) is 0 Å². The van der Waals surface area contributed by atoms with E-state index in [1.165, 1.54) is 31.2 Å². The summed E-state index contributed by atoms with van der Waals surface area (Å²) in [6.45, 7) is 1.18. The van der Waals surface area contributed by atoms with Gasteiger partial charge in [0.25, 0.3) is 6.08 Å². The van der Waals surface area contributed by atoms with Crippen molar-refractivity contribution in [1.29, 1.82) is 0 Å². The number of halogens is 5. The van der Waals surface area contributed by atoms with Crippen molar-refractivity contribution in [3.05, 3.63) is 42.0 Å². The van der Waals surface area contributed by atoms with Gasteiger partial charge in [-0.05, 0) is 19.1 Å². The van der Waals surface area contributed by atoms with Gasteiger partial charge in [-0.25, -0.2) is 0 Å². The number of ether oxygens (including phenoxy) is 1. The Kier molecular flexibility index (Phi) is 6.19. The molecule has 0 radical (unpaired) electrons. The fourth-order valence-corrected chi connectivity index (χ4v) is 2.52. The molecule has 1 atom stereocenters. The molecule has 0 aliphatic rings. The minimum absolute atomic E-state index is 0.205. The highest BCUT2D eigenvalue weighted by Crippen LogP contribution is 2.40. The van der Waals surface area contributed by atoms with Crippen LogP contribution in [0.25, 0.3) is 0 Å². The van der Waals surface area contributed by atoms with E-state index in [2.05, 4.69) is 4.74 Å². The molecular formula is C13H11F5O2S. The zero-order valence-corrected chi connectivity index (χ0v) is 11.6. The Hall–Kier alpha value is -1.57. The number of alkyl halides is 3. The van der Waals surface area contributed by atoms with Gasteiger partial charge >= 0.3 is 12.1 Å². The van der Waals surface area contributed by atoms with Crippen LogP contribution in [0.5, 0.6) is 0 Å². The molecule has 1 aromatic carbocycles. The van der Waals surface area contributed by atoms with Crippen LogP contribution < -0.4 is 0 Å². The van der Waals surface area contributed by atoms with Gasteiger partial charge < -0.3 is 4.74 Å². The van der Waals surface area contributed by atoms with Crippen molar-refractivity contribution in [2.24, 2.45) is 0 Å². The first-order chi connectivity index (χ1) is 9.77. The standard InChI is InChI=1S/C13H11F5O2S/c1-2-20-12(19)10(9(11(14)15)13(16,17)18)21-8-6-4-3-5-7-8/h3-7,10H,2H2,1H3. The molecule has 1 aromatic rings. The summed E-state index contributed by atoms with van der Waals surface area (Å²) < 4.78 is 68.1. The molecule has 1 rings (SSSR count). The number of hydrogen-bond donors (Lipinski definition) is 0. The smallest absolute Gasteiger partial charge is 0.419 e. The molecule has 0 amide bonds. The second-order valence-electron chi connectivity index (χ2n) is 3.73. The van der Waals surface area contributed by atoms with Crippen LogP contribution in [-0.4, -0.2) is 24.0 Å². The van der Waals surface area contributed by atoms with Crippen molar-refractivity contribution >= 4 is 17.7 Å². The highest BCUT2D eigenvalue weighted by atomic mass is 32.2. The van der Waals surface area contributed by atoms with Crippen molar-refractivity contribution in [1.82, 2.24) is 0 Å². The molecule has 0 aliphatic heterocycles. The van der Waals surface area contributed by atoms with Gasteiger partial charge in [-0.15, -0.1) is 11.8 Å². The van der Waals surface area contributed by atoms with Gasteiger partial charge in [-0.2, -0.15) is 22.0 Å². The quantitative estimate of drug-likeness (QED) is 0.455. The Bertz CT molecular complexity index is 509. The summed E-state index contributed by atoms with van der Waals surface area (Å²) in [6, 6.07) is 7.49. The number of carbonyl (C=O) groups excluding carboxylic acids is 1.